The van der Waals surface area contributed by atoms with E-state index in [1.165, 1.54) is 6.07 Å². The molecule has 78 valence electrons. The molecule has 2 rings (SSSR count). The van der Waals surface area contributed by atoms with Crippen LogP contribution in [0, 0.1) is 11.8 Å². The lowest BCUT2D eigenvalue weighted by Gasteiger charge is -2.21. The average Bonchev–Trinajstić information content (AvgIpc) is 2.17. The molecule has 0 fully saturated rings. The number of ether oxygens (including phenoxy) is 1. The van der Waals surface area contributed by atoms with Crippen molar-refractivity contribution in [2.45, 2.75) is 18.1 Å². The molecule has 1 aliphatic heterocycles. The summed E-state index contributed by atoms with van der Waals surface area (Å²) < 4.78 is 33.1. The summed E-state index contributed by atoms with van der Waals surface area (Å²) in [5, 5.41) is 0. The molecular formula is C10H8O4S. The van der Waals surface area contributed by atoms with Crippen molar-refractivity contribution in [2.24, 2.45) is 0 Å². The fourth-order valence-electron chi connectivity index (χ4n) is 1.23. The van der Waals surface area contributed by atoms with Crippen LogP contribution in [0.1, 0.15) is 6.92 Å². The van der Waals surface area contributed by atoms with Crippen molar-refractivity contribution in [2.75, 3.05) is 0 Å². The van der Waals surface area contributed by atoms with Crippen LogP contribution in [0.15, 0.2) is 29.2 Å². The predicted octanol–water partition coefficient (Wildman–Crippen LogP) is 1.13. The molecule has 1 atom stereocenters. The maximum Gasteiger partial charge on any atom is 0.304 e. The van der Waals surface area contributed by atoms with Gasteiger partial charge >= 0.3 is 10.1 Å². The van der Waals surface area contributed by atoms with Gasteiger partial charge in [-0.25, -0.2) is 4.18 Å². The first-order valence-corrected chi connectivity index (χ1v) is 5.65. The molecule has 0 aliphatic carbocycles. The van der Waals surface area contributed by atoms with E-state index in [9.17, 15) is 8.42 Å². The molecule has 0 N–H and O–H groups in total. The molecule has 0 bridgehead atoms. The zero-order valence-corrected chi connectivity index (χ0v) is 8.74. The monoisotopic (exact) mass is 224 g/mol. The van der Waals surface area contributed by atoms with E-state index in [1.54, 1.807) is 25.1 Å². The number of hydrogen-bond acceptors (Lipinski definition) is 4. The quantitative estimate of drug-likeness (QED) is 0.489. The third-order valence-electron chi connectivity index (χ3n) is 1.83. The van der Waals surface area contributed by atoms with Crippen LogP contribution in [0.3, 0.4) is 0 Å². The Morgan fingerprint density at radius 2 is 2.07 bits per heavy atom. The Balaban J connectivity index is 2.52. The smallest absolute Gasteiger partial charge is 0.304 e. The second-order valence-electron chi connectivity index (χ2n) is 2.84. The lowest BCUT2D eigenvalue weighted by atomic mass is 10.3. The zero-order chi connectivity index (χ0) is 10.9. The Bertz CT molecular complexity index is 536. The first-order valence-electron chi connectivity index (χ1n) is 4.25. The fourth-order valence-corrected chi connectivity index (χ4v) is 2.26. The van der Waals surface area contributed by atoms with Crippen molar-refractivity contribution in [3.8, 4) is 17.6 Å². The van der Waals surface area contributed by atoms with Gasteiger partial charge in [0.2, 0.25) is 0 Å². The highest BCUT2D eigenvalue weighted by molar-refractivity contribution is 7.87. The summed E-state index contributed by atoms with van der Waals surface area (Å²) in [6, 6.07) is 6.30. The van der Waals surface area contributed by atoms with Gasteiger partial charge in [-0.2, -0.15) is 8.42 Å². The first kappa shape index (κ1) is 10.0. The lowest BCUT2D eigenvalue weighted by molar-refractivity contribution is 0.0466. The predicted molar refractivity (Wildman–Crippen MR) is 52.6 cm³/mol. The Hall–Kier alpha value is -1.51. The van der Waals surface area contributed by atoms with Crippen molar-refractivity contribution in [3.63, 3.8) is 0 Å². The third-order valence-corrected chi connectivity index (χ3v) is 3.13. The van der Waals surface area contributed by atoms with Gasteiger partial charge in [-0.3, -0.25) is 0 Å². The van der Waals surface area contributed by atoms with Gasteiger partial charge < -0.3 is 4.74 Å². The van der Waals surface area contributed by atoms with Gasteiger partial charge in [0, 0.05) is 0 Å². The Labute approximate surface area is 87.9 Å². The molecule has 0 aromatic heterocycles. The molecule has 1 aromatic rings. The summed E-state index contributed by atoms with van der Waals surface area (Å²) in [5.74, 6) is 5.32. The summed E-state index contributed by atoms with van der Waals surface area (Å²) in [5.41, 5.74) is 0. The van der Waals surface area contributed by atoms with Gasteiger partial charge in [0.05, 0.1) is 0 Å². The minimum absolute atomic E-state index is 0.0409. The highest BCUT2D eigenvalue weighted by Crippen LogP contribution is 2.31. The van der Waals surface area contributed by atoms with Crippen molar-refractivity contribution in [3.05, 3.63) is 24.3 Å². The van der Waals surface area contributed by atoms with E-state index in [-0.39, 0.29) is 10.6 Å². The van der Waals surface area contributed by atoms with Crippen LogP contribution < -0.4 is 4.74 Å². The highest BCUT2D eigenvalue weighted by Gasteiger charge is 2.31. The third kappa shape index (κ3) is 1.82. The van der Waals surface area contributed by atoms with E-state index in [0.29, 0.717) is 0 Å². The second kappa shape index (κ2) is 3.57. The topological polar surface area (TPSA) is 52.6 Å². The lowest BCUT2D eigenvalue weighted by Crippen LogP contribution is -2.28. The molecule has 0 spiro atoms. The second-order valence-corrected chi connectivity index (χ2v) is 4.38. The molecule has 0 radical (unpaired) electrons. The molecule has 1 aromatic carbocycles. The molecule has 4 nitrogen and oxygen atoms in total. The average molecular weight is 224 g/mol. The summed E-state index contributed by atoms with van der Waals surface area (Å²) in [6.45, 7) is 1.58. The maximum absolute atomic E-state index is 11.6. The van der Waals surface area contributed by atoms with Crippen molar-refractivity contribution < 1.29 is 17.3 Å². The number of hydrogen-bond donors (Lipinski definition) is 0. The zero-order valence-electron chi connectivity index (χ0n) is 7.93. The van der Waals surface area contributed by atoms with Gasteiger partial charge in [-0.05, 0) is 25.0 Å². The minimum Gasteiger partial charge on any atom is -0.451 e. The van der Waals surface area contributed by atoms with Crippen LogP contribution in [0.25, 0.3) is 0 Å². The van der Waals surface area contributed by atoms with Gasteiger partial charge in [0.15, 0.2) is 0 Å². The standard InChI is InChI=1S/C10H8O4S/c1-2-5-10-13-8-6-3-4-7-9(8)15(11,12)14-10/h3-4,6-7,10H,1H3. The van der Waals surface area contributed by atoms with Gasteiger partial charge in [0.1, 0.15) is 10.6 Å². The molecular weight excluding hydrogens is 216 g/mol. The molecule has 1 aliphatic rings. The fraction of sp³-hybridized carbons (Fsp3) is 0.200. The minimum atomic E-state index is -3.74. The normalized spacial score (nSPS) is 21.8. The summed E-state index contributed by atoms with van der Waals surface area (Å²) in [6.07, 6.45) is -1.05. The van der Waals surface area contributed by atoms with Crippen molar-refractivity contribution >= 4 is 10.1 Å². The van der Waals surface area contributed by atoms with Crippen LogP contribution >= 0.6 is 0 Å². The summed E-state index contributed by atoms with van der Waals surface area (Å²) in [4.78, 5) is 0.0409. The van der Waals surface area contributed by atoms with E-state index in [2.05, 4.69) is 11.8 Å². The highest BCUT2D eigenvalue weighted by atomic mass is 32.2. The van der Waals surface area contributed by atoms with Crippen molar-refractivity contribution in [1.29, 1.82) is 0 Å². The molecule has 15 heavy (non-hydrogen) atoms. The van der Waals surface area contributed by atoms with E-state index >= 15 is 0 Å². The maximum atomic E-state index is 11.6. The van der Waals surface area contributed by atoms with Crippen molar-refractivity contribution in [1.82, 2.24) is 0 Å². The number of benzene rings is 1. The number of fused-ring (bicyclic) bond motifs is 1. The summed E-state index contributed by atoms with van der Waals surface area (Å²) in [7, 11) is -3.74. The van der Waals surface area contributed by atoms with Crippen LogP contribution in [0.5, 0.6) is 5.75 Å². The SMILES string of the molecule is CC#CC1Oc2ccccc2S(=O)(=O)O1. The molecule has 5 heteroatoms. The molecule has 0 amide bonds. The summed E-state index contributed by atoms with van der Waals surface area (Å²) >= 11 is 0. The van der Waals surface area contributed by atoms with Gasteiger partial charge in [0.25, 0.3) is 6.29 Å². The largest absolute Gasteiger partial charge is 0.451 e. The van der Waals surface area contributed by atoms with E-state index < -0.39 is 16.4 Å². The van der Waals surface area contributed by atoms with E-state index in [4.69, 9.17) is 8.92 Å². The first-order chi connectivity index (χ1) is 7.13. The Morgan fingerprint density at radius 3 is 2.80 bits per heavy atom. The Kier molecular flexibility index (Phi) is 2.39. The van der Waals surface area contributed by atoms with Crippen LogP contribution in [-0.4, -0.2) is 14.7 Å². The molecule has 1 unspecified atom stereocenters. The van der Waals surface area contributed by atoms with Crippen LogP contribution in [0.4, 0.5) is 0 Å². The number of rotatable bonds is 0. The molecule has 0 saturated heterocycles. The van der Waals surface area contributed by atoms with Crippen LogP contribution in [-0.2, 0) is 14.3 Å². The van der Waals surface area contributed by atoms with Crippen LogP contribution in [0.2, 0.25) is 0 Å². The Morgan fingerprint density at radius 1 is 1.33 bits per heavy atom. The number of para-hydroxylation sites is 1. The van der Waals surface area contributed by atoms with E-state index in [0.717, 1.165) is 0 Å². The van der Waals surface area contributed by atoms with Gasteiger partial charge in [-0.1, -0.05) is 12.1 Å². The molecule has 0 saturated carbocycles. The van der Waals surface area contributed by atoms with Gasteiger partial charge in [-0.15, -0.1) is 5.92 Å². The molecule has 1 heterocycles. The van der Waals surface area contributed by atoms with E-state index in [1.807, 2.05) is 0 Å².